The van der Waals surface area contributed by atoms with Crippen LogP contribution in [0.1, 0.15) is 39.2 Å². The number of anilines is 2. The van der Waals surface area contributed by atoms with Gasteiger partial charge < -0.3 is 15.5 Å². The summed E-state index contributed by atoms with van der Waals surface area (Å²) < 4.78 is 0. The van der Waals surface area contributed by atoms with Crippen LogP contribution >= 0.6 is 0 Å². The van der Waals surface area contributed by atoms with E-state index in [0.29, 0.717) is 12.0 Å². The molecule has 0 aliphatic rings. The molecule has 1 unspecified atom stereocenters. The highest BCUT2D eigenvalue weighted by molar-refractivity contribution is 5.56. The Morgan fingerprint density at radius 2 is 1.86 bits per heavy atom. The largest absolute Gasteiger partial charge is 0.370 e. The predicted molar refractivity (Wildman–Crippen MR) is 91.0 cm³/mol. The van der Waals surface area contributed by atoms with Crippen molar-refractivity contribution in [2.75, 3.05) is 37.8 Å². The van der Waals surface area contributed by atoms with Crippen molar-refractivity contribution in [2.45, 2.75) is 46.6 Å². The summed E-state index contributed by atoms with van der Waals surface area (Å²) in [4.78, 5) is 11.0. The lowest BCUT2D eigenvalue weighted by atomic mass is 10.0. The van der Waals surface area contributed by atoms with Gasteiger partial charge in [0.1, 0.15) is 18.0 Å². The summed E-state index contributed by atoms with van der Waals surface area (Å²) in [6.45, 7) is 10.7. The fourth-order valence-corrected chi connectivity index (χ4v) is 2.40. The standard InChI is InChI=1S/C16H31N5/c1-7-8-17-15-13(4)16(19-11-18-15)20-14(9-12(2)3)10-21(5)6/h11-12,14H,7-10H2,1-6H3,(H2,17,18,19,20). The highest BCUT2D eigenvalue weighted by atomic mass is 15.1. The molecule has 0 saturated heterocycles. The third-order valence-electron chi connectivity index (χ3n) is 3.31. The molecular weight excluding hydrogens is 262 g/mol. The minimum Gasteiger partial charge on any atom is -0.370 e. The zero-order chi connectivity index (χ0) is 15.8. The van der Waals surface area contributed by atoms with E-state index in [4.69, 9.17) is 0 Å². The Balaban J connectivity index is 2.82. The van der Waals surface area contributed by atoms with Crippen LogP contribution in [-0.4, -0.2) is 48.1 Å². The molecule has 0 aromatic carbocycles. The normalized spacial score (nSPS) is 12.8. The monoisotopic (exact) mass is 293 g/mol. The summed E-state index contributed by atoms with van der Waals surface area (Å²) in [5.41, 5.74) is 1.10. The Hall–Kier alpha value is -1.36. The molecule has 1 aromatic heterocycles. The summed E-state index contributed by atoms with van der Waals surface area (Å²) in [7, 11) is 4.21. The first-order valence-electron chi connectivity index (χ1n) is 7.90. The van der Waals surface area contributed by atoms with E-state index in [0.717, 1.165) is 43.1 Å². The van der Waals surface area contributed by atoms with E-state index in [2.05, 4.69) is 67.3 Å². The van der Waals surface area contributed by atoms with Crippen molar-refractivity contribution in [1.29, 1.82) is 0 Å². The second kappa shape index (κ2) is 8.82. The number of hydrogen-bond donors (Lipinski definition) is 2. The van der Waals surface area contributed by atoms with Crippen LogP contribution in [0.5, 0.6) is 0 Å². The van der Waals surface area contributed by atoms with Gasteiger partial charge in [0.05, 0.1) is 0 Å². The van der Waals surface area contributed by atoms with Crippen LogP contribution < -0.4 is 10.6 Å². The summed E-state index contributed by atoms with van der Waals surface area (Å²) in [5.74, 6) is 2.53. The SMILES string of the molecule is CCCNc1ncnc(NC(CC(C)C)CN(C)C)c1C. The van der Waals surface area contributed by atoms with Crippen molar-refractivity contribution in [3.8, 4) is 0 Å². The van der Waals surface area contributed by atoms with E-state index in [1.807, 2.05) is 0 Å². The fourth-order valence-electron chi connectivity index (χ4n) is 2.40. The van der Waals surface area contributed by atoms with Crippen molar-refractivity contribution in [1.82, 2.24) is 14.9 Å². The summed E-state index contributed by atoms with van der Waals surface area (Å²) in [6.07, 6.45) is 3.84. The molecular formula is C16H31N5. The molecule has 5 heteroatoms. The maximum absolute atomic E-state index is 4.42. The summed E-state index contributed by atoms with van der Waals surface area (Å²) in [6, 6.07) is 0.396. The van der Waals surface area contributed by atoms with E-state index in [1.165, 1.54) is 0 Å². The molecule has 21 heavy (non-hydrogen) atoms. The molecule has 0 radical (unpaired) electrons. The zero-order valence-electron chi connectivity index (χ0n) is 14.4. The van der Waals surface area contributed by atoms with Gasteiger partial charge in [-0.05, 0) is 39.8 Å². The van der Waals surface area contributed by atoms with Gasteiger partial charge >= 0.3 is 0 Å². The summed E-state index contributed by atoms with van der Waals surface area (Å²) in [5, 5.41) is 6.95. The van der Waals surface area contributed by atoms with Gasteiger partial charge in [0.25, 0.3) is 0 Å². The zero-order valence-corrected chi connectivity index (χ0v) is 14.4. The van der Waals surface area contributed by atoms with Crippen molar-refractivity contribution in [3.05, 3.63) is 11.9 Å². The van der Waals surface area contributed by atoms with E-state index >= 15 is 0 Å². The number of nitrogens with zero attached hydrogens (tertiary/aromatic N) is 3. The van der Waals surface area contributed by atoms with Gasteiger partial charge in [-0.25, -0.2) is 9.97 Å². The highest BCUT2D eigenvalue weighted by Crippen LogP contribution is 2.20. The average Bonchev–Trinajstić information content (AvgIpc) is 2.38. The van der Waals surface area contributed by atoms with Crippen LogP contribution in [0.4, 0.5) is 11.6 Å². The van der Waals surface area contributed by atoms with Gasteiger partial charge in [0.2, 0.25) is 0 Å². The predicted octanol–water partition coefficient (Wildman–Crippen LogP) is 3.00. The van der Waals surface area contributed by atoms with Crippen molar-refractivity contribution >= 4 is 11.6 Å². The van der Waals surface area contributed by atoms with E-state index in [-0.39, 0.29) is 0 Å². The molecule has 1 atom stereocenters. The molecule has 1 heterocycles. The second-order valence-corrected chi connectivity index (χ2v) is 6.36. The number of rotatable bonds is 9. The number of nitrogens with one attached hydrogen (secondary N) is 2. The first-order chi connectivity index (χ1) is 9.93. The van der Waals surface area contributed by atoms with Crippen molar-refractivity contribution in [3.63, 3.8) is 0 Å². The molecule has 0 aliphatic heterocycles. The molecule has 0 spiro atoms. The molecule has 0 fully saturated rings. The second-order valence-electron chi connectivity index (χ2n) is 6.36. The lowest BCUT2D eigenvalue weighted by Gasteiger charge is -2.25. The van der Waals surface area contributed by atoms with Crippen molar-refractivity contribution in [2.24, 2.45) is 5.92 Å². The van der Waals surface area contributed by atoms with Crippen LogP contribution in [0.2, 0.25) is 0 Å². The quantitative estimate of drug-likeness (QED) is 0.733. The molecule has 0 bridgehead atoms. The Labute approximate surface area is 129 Å². The van der Waals surface area contributed by atoms with Gasteiger partial charge in [0, 0.05) is 24.7 Å². The molecule has 0 aliphatic carbocycles. The first kappa shape index (κ1) is 17.7. The maximum Gasteiger partial charge on any atom is 0.134 e. The lowest BCUT2D eigenvalue weighted by molar-refractivity contribution is 0.356. The molecule has 0 amide bonds. The van der Waals surface area contributed by atoms with Crippen LogP contribution in [0, 0.1) is 12.8 Å². The van der Waals surface area contributed by atoms with Crippen LogP contribution in [-0.2, 0) is 0 Å². The number of hydrogen-bond acceptors (Lipinski definition) is 5. The fraction of sp³-hybridized carbons (Fsp3) is 0.750. The van der Waals surface area contributed by atoms with Crippen molar-refractivity contribution < 1.29 is 0 Å². The minimum absolute atomic E-state index is 0.396. The molecule has 1 aromatic rings. The number of likely N-dealkylation sites (N-methyl/N-ethyl adjacent to an activating group) is 1. The molecule has 2 N–H and O–H groups in total. The van der Waals surface area contributed by atoms with Crippen LogP contribution in [0.15, 0.2) is 6.33 Å². The maximum atomic E-state index is 4.42. The first-order valence-corrected chi connectivity index (χ1v) is 7.90. The summed E-state index contributed by atoms with van der Waals surface area (Å²) >= 11 is 0. The van der Waals surface area contributed by atoms with E-state index < -0.39 is 0 Å². The Bertz CT molecular complexity index is 407. The Morgan fingerprint density at radius 1 is 1.19 bits per heavy atom. The van der Waals surface area contributed by atoms with Crippen LogP contribution in [0.25, 0.3) is 0 Å². The van der Waals surface area contributed by atoms with Gasteiger partial charge in [-0.1, -0.05) is 20.8 Å². The average molecular weight is 293 g/mol. The van der Waals surface area contributed by atoms with Gasteiger partial charge in [-0.2, -0.15) is 0 Å². The van der Waals surface area contributed by atoms with Gasteiger partial charge in [-0.15, -0.1) is 0 Å². The number of aromatic nitrogens is 2. The minimum atomic E-state index is 0.396. The van der Waals surface area contributed by atoms with Gasteiger partial charge in [-0.3, -0.25) is 0 Å². The van der Waals surface area contributed by atoms with Gasteiger partial charge in [0.15, 0.2) is 0 Å². The van der Waals surface area contributed by atoms with Crippen LogP contribution in [0.3, 0.4) is 0 Å². The molecule has 0 saturated carbocycles. The topological polar surface area (TPSA) is 53.1 Å². The smallest absolute Gasteiger partial charge is 0.134 e. The molecule has 1 rings (SSSR count). The Morgan fingerprint density at radius 3 is 2.43 bits per heavy atom. The lowest BCUT2D eigenvalue weighted by Crippen LogP contribution is -2.34. The third kappa shape index (κ3) is 6.29. The third-order valence-corrected chi connectivity index (χ3v) is 3.31. The van der Waals surface area contributed by atoms with E-state index in [9.17, 15) is 0 Å². The van der Waals surface area contributed by atoms with E-state index in [1.54, 1.807) is 6.33 Å². The Kier molecular flexibility index (Phi) is 7.43. The highest BCUT2D eigenvalue weighted by Gasteiger charge is 2.15. The molecule has 120 valence electrons. The molecule has 5 nitrogen and oxygen atoms in total.